The van der Waals surface area contributed by atoms with Gasteiger partial charge in [-0.1, -0.05) is 11.2 Å². The van der Waals surface area contributed by atoms with Crippen molar-refractivity contribution in [1.82, 2.24) is 10.1 Å². The van der Waals surface area contributed by atoms with Crippen LogP contribution in [-0.4, -0.2) is 28.5 Å². The van der Waals surface area contributed by atoms with Crippen LogP contribution in [0, 0.1) is 0 Å². The van der Waals surface area contributed by atoms with Crippen molar-refractivity contribution in [3.05, 3.63) is 30.1 Å². The van der Waals surface area contributed by atoms with Gasteiger partial charge in [-0.2, -0.15) is 4.98 Å². The molecule has 0 aliphatic carbocycles. The lowest BCUT2D eigenvalue weighted by Gasteiger charge is -1.95. The molecule has 1 N–H and O–H groups in total. The highest BCUT2D eigenvalue weighted by molar-refractivity contribution is 5.55. The van der Waals surface area contributed by atoms with E-state index >= 15 is 0 Å². The third-order valence-corrected chi connectivity index (χ3v) is 2.24. The van der Waals surface area contributed by atoms with Crippen molar-refractivity contribution in [2.75, 3.05) is 13.2 Å². The molecule has 0 amide bonds. The average molecular weight is 234 g/mol. The molecule has 1 aromatic carbocycles. The summed E-state index contributed by atoms with van der Waals surface area (Å²) in [6, 6.07) is 6.71. The van der Waals surface area contributed by atoms with Gasteiger partial charge < -0.3 is 14.4 Å². The molecule has 1 aromatic heterocycles. The second kappa shape index (κ2) is 5.45. The second-order valence-electron chi connectivity index (χ2n) is 3.51. The number of hydrogen-bond acceptors (Lipinski definition) is 5. The van der Waals surface area contributed by atoms with E-state index in [9.17, 15) is 5.11 Å². The van der Waals surface area contributed by atoms with Gasteiger partial charge in [-0.3, -0.25) is 0 Å². The molecule has 0 saturated heterocycles. The molecule has 0 aliphatic rings. The van der Waals surface area contributed by atoms with Gasteiger partial charge in [-0.25, -0.2) is 0 Å². The molecule has 0 spiro atoms. The summed E-state index contributed by atoms with van der Waals surface area (Å²) < 4.78 is 10.3. The van der Waals surface area contributed by atoms with Crippen LogP contribution in [0.5, 0.6) is 5.75 Å². The SMILES string of the molecule is CCOCCc1noc(-c2cccc(O)c2)n1. The van der Waals surface area contributed by atoms with Crippen LogP contribution in [0.4, 0.5) is 0 Å². The summed E-state index contributed by atoms with van der Waals surface area (Å²) in [6.07, 6.45) is 0.621. The van der Waals surface area contributed by atoms with Crippen LogP contribution in [0.15, 0.2) is 28.8 Å². The van der Waals surface area contributed by atoms with Gasteiger partial charge in [0.05, 0.1) is 6.61 Å². The fourth-order valence-electron chi connectivity index (χ4n) is 1.42. The van der Waals surface area contributed by atoms with Crippen molar-refractivity contribution in [3.8, 4) is 17.2 Å². The first kappa shape index (κ1) is 11.6. The third kappa shape index (κ3) is 3.04. The summed E-state index contributed by atoms with van der Waals surface area (Å²) in [5.74, 6) is 1.20. The minimum atomic E-state index is 0.177. The van der Waals surface area contributed by atoms with Crippen LogP contribution < -0.4 is 0 Å². The summed E-state index contributed by atoms with van der Waals surface area (Å²) >= 11 is 0. The standard InChI is InChI=1S/C12H14N2O3/c1-2-16-7-6-11-13-12(17-14-11)9-4-3-5-10(15)8-9/h3-5,8,15H,2,6-7H2,1H3. The van der Waals surface area contributed by atoms with Crippen molar-refractivity contribution in [2.24, 2.45) is 0 Å². The van der Waals surface area contributed by atoms with E-state index in [1.165, 1.54) is 0 Å². The molecule has 0 bridgehead atoms. The van der Waals surface area contributed by atoms with Gasteiger partial charge >= 0.3 is 0 Å². The van der Waals surface area contributed by atoms with Crippen LogP contribution in [0.1, 0.15) is 12.7 Å². The molecule has 0 unspecified atom stereocenters. The van der Waals surface area contributed by atoms with Gasteiger partial charge in [-0.05, 0) is 25.1 Å². The lowest BCUT2D eigenvalue weighted by Crippen LogP contribution is -1.99. The Bertz CT molecular complexity index is 482. The summed E-state index contributed by atoms with van der Waals surface area (Å²) in [6.45, 7) is 3.20. The van der Waals surface area contributed by atoms with E-state index < -0.39 is 0 Å². The van der Waals surface area contributed by atoms with Crippen LogP contribution >= 0.6 is 0 Å². The van der Waals surface area contributed by atoms with Crippen molar-refractivity contribution < 1.29 is 14.4 Å². The molecule has 5 nitrogen and oxygen atoms in total. The third-order valence-electron chi connectivity index (χ3n) is 2.24. The van der Waals surface area contributed by atoms with E-state index in [1.54, 1.807) is 24.3 Å². The number of ether oxygens (including phenoxy) is 1. The molecule has 5 heteroatoms. The van der Waals surface area contributed by atoms with Crippen molar-refractivity contribution in [2.45, 2.75) is 13.3 Å². The Morgan fingerprint density at radius 2 is 2.29 bits per heavy atom. The molecule has 2 aromatic rings. The molecule has 0 radical (unpaired) electrons. The van der Waals surface area contributed by atoms with Gasteiger partial charge in [0.1, 0.15) is 5.75 Å². The van der Waals surface area contributed by atoms with Crippen LogP contribution in [-0.2, 0) is 11.2 Å². The number of phenols is 1. The second-order valence-corrected chi connectivity index (χ2v) is 3.51. The molecule has 1 heterocycles. The predicted octanol–water partition coefficient (Wildman–Crippen LogP) is 2.02. The topological polar surface area (TPSA) is 68.4 Å². The number of nitrogens with zero attached hydrogens (tertiary/aromatic N) is 2. The number of benzene rings is 1. The molecular formula is C12H14N2O3. The van der Waals surface area contributed by atoms with Gasteiger partial charge in [0.15, 0.2) is 5.82 Å². The van der Waals surface area contributed by atoms with Crippen LogP contribution in [0.25, 0.3) is 11.5 Å². The summed E-state index contributed by atoms with van der Waals surface area (Å²) in [5.41, 5.74) is 0.708. The molecule has 0 atom stereocenters. The Morgan fingerprint density at radius 1 is 1.41 bits per heavy atom. The first-order valence-electron chi connectivity index (χ1n) is 5.49. The number of aromatic hydroxyl groups is 1. The Kier molecular flexibility index (Phi) is 3.72. The van der Waals surface area contributed by atoms with E-state index in [-0.39, 0.29) is 5.75 Å². The fraction of sp³-hybridized carbons (Fsp3) is 0.333. The van der Waals surface area contributed by atoms with E-state index in [4.69, 9.17) is 9.26 Å². The fourth-order valence-corrected chi connectivity index (χ4v) is 1.42. The normalized spacial score (nSPS) is 10.6. The monoisotopic (exact) mass is 234 g/mol. The first-order valence-corrected chi connectivity index (χ1v) is 5.49. The largest absolute Gasteiger partial charge is 0.508 e. The van der Waals surface area contributed by atoms with E-state index in [2.05, 4.69) is 10.1 Å². The van der Waals surface area contributed by atoms with E-state index in [1.807, 2.05) is 6.92 Å². The molecule has 0 saturated carbocycles. The maximum atomic E-state index is 9.34. The molecule has 17 heavy (non-hydrogen) atoms. The molecular weight excluding hydrogens is 220 g/mol. The predicted molar refractivity (Wildman–Crippen MR) is 61.6 cm³/mol. The molecule has 0 fully saturated rings. The number of phenolic OH excluding ortho intramolecular Hbond substituents is 1. The number of aromatic nitrogens is 2. The van der Waals surface area contributed by atoms with E-state index in [0.29, 0.717) is 36.9 Å². The van der Waals surface area contributed by atoms with Crippen molar-refractivity contribution in [1.29, 1.82) is 0 Å². The highest BCUT2D eigenvalue weighted by atomic mass is 16.5. The quantitative estimate of drug-likeness (QED) is 0.801. The highest BCUT2D eigenvalue weighted by Crippen LogP contribution is 2.21. The Morgan fingerprint density at radius 3 is 3.06 bits per heavy atom. The lowest BCUT2D eigenvalue weighted by atomic mass is 10.2. The Labute approximate surface area is 99.0 Å². The van der Waals surface area contributed by atoms with Gasteiger partial charge in [0, 0.05) is 18.6 Å². The van der Waals surface area contributed by atoms with Crippen molar-refractivity contribution >= 4 is 0 Å². The smallest absolute Gasteiger partial charge is 0.258 e. The lowest BCUT2D eigenvalue weighted by molar-refractivity contribution is 0.149. The van der Waals surface area contributed by atoms with Gasteiger partial charge in [-0.15, -0.1) is 0 Å². The summed E-state index contributed by atoms with van der Waals surface area (Å²) in [4.78, 5) is 4.22. The Balaban J connectivity index is 2.07. The zero-order valence-corrected chi connectivity index (χ0v) is 9.59. The zero-order valence-electron chi connectivity index (χ0n) is 9.59. The molecule has 90 valence electrons. The molecule has 0 aliphatic heterocycles. The zero-order chi connectivity index (χ0) is 12.1. The minimum Gasteiger partial charge on any atom is -0.508 e. The Hall–Kier alpha value is -1.88. The van der Waals surface area contributed by atoms with Crippen LogP contribution in [0.3, 0.4) is 0 Å². The number of hydrogen-bond donors (Lipinski definition) is 1. The summed E-state index contributed by atoms with van der Waals surface area (Å²) in [7, 11) is 0. The maximum absolute atomic E-state index is 9.34. The maximum Gasteiger partial charge on any atom is 0.258 e. The van der Waals surface area contributed by atoms with E-state index in [0.717, 1.165) is 0 Å². The van der Waals surface area contributed by atoms with Crippen LogP contribution in [0.2, 0.25) is 0 Å². The van der Waals surface area contributed by atoms with Gasteiger partial charge in [0.2, 0.25) is 0 Å². The highest BCUT2D eigenvalue weighted by Gasteiger charge is 2.08. The summed E-state index contributed by atoms with van der Waals surface area (Å²) in [5, 5.41) is 13.2. The van der Waals surface area contributed by atoms with Gasteiger partial charge in [0.25, 0.3) is 5.89 Å². The minimum absolute atomic E-state index is 0.177. The number of rotatable bonds is 5. The molecule has 2 rings (SSSR count). The van der Waals surface area contributed by atoms with Crippen molar-refractivity contribution in [3.63, 3.8) is 0 Å². The average Bonchev–Trinajstić information content (AvgIpc) is 2.78. The first-order chi connectivity index (χ1) is 8.29.